The minimum absolute atomic E-state index is 0.0433. The summed E-state index contributed by atoms with van der Waals surface area (Å²) in [5, 5.41) is 12.5. The summed E-state index contributed by atoms with van der Waals surface area (Å²) in [6.07, 6.45) is 0. The van der Waals surface area contributed by atoms with Gasteiger partial charge >= 0.3 is 0 Å². The second-order valence-corrected chi connectivity index (χ2v) is 4.84. The summed E-state index contributed by atoms with van der Waals surface area (Å²) >= 11 is 6.02. The van der Waals surface area contributed by atoms with Crippen molar-refractivity contribution in [1.82, 2.24) is 4.90 Å². The molecule has 1 atom stereocenters. The Hall–Kier alpha value is -1.10. The summed E-state index contributed by atoms with van der Waals surface area (Å²) < 4.78 is 0. The SMILES string of the molecule is CCN(CCO)C(C)C(=O)Nc1cccc(Cl)c1C. The molecule has 0 saturated carbocycles. The van der Waals surface area contributed by atoms with Gasteiger partial charge < -0.3 is 10.4 Å². The third-order valence-electron chi connectivity index (χ3n) is 3.25. The monoisotopic (exact) mass is 284 g/mol. The van der Waals surface area contributed by atoms with Crippen molar-refractivity contribution in [1.29, 1.82) is 0 Å². The molecule has 0 aromatic heterocycles. The van der Waals surface area contributed by atoms with E-state index < -0.39 is 0 Å². The van der Waals surface area contributed by atoms with Gasteiger partial charge in [-0.15, -0.1) is 0 Å². The van der Waals surface area contributed by atoms with E-state index in [1.807, 2.05) is 31.7 Å². The van der Waals surface area contributed by atoms with Crippen LogP contribution in [0.1, 0.15) is 19.4 Å². The Kier molecular flexibility index (Phi) is 6.28. The van der Waals surface area contributed by atoms with Crippen LogP contribution in [0.3, 0.4) is 0 Å². The largest absolute Gasteiger partial charge is 0.395 e. The van der Waals surface area contributed by atoms with E-state index in [0.29, 0.717) is 18.1 Å². The number of aliphatic hydroxyl groups is 1. The van der Waals surface area contributed by atoms with Crippen LogP contribution >= 0.6 is 11.6 Å². The molecule has 1 unspecified atom stereocenters. The van der Waals surface area contributed by atoms with Crippen molar-refractivity contribution in [2.24, 2.45) is 0 Å². The summed E-state index contributed by atoms with van der Waals surface area (Å²) in [4.78, 5) is 14.1. The molecule has 0 aliphatic heterocycles. The highest BCUT2D eigenvalue weighted by Crippen LogP contribution is 2.23. The van der Waals surface area contributed by atoms with E-state index in [4.69, 9.17) is 16.7 Å². The quantitative estimate of drug-likeness (QED) is 0.843. The van der Waals surface area contributed by atoms with Gasteiger partial charge in [-0.2, -0.15) is 0 Å². The molecule has 4 nitrogen and oxygen atoms in total. The van der Waals surface area contributed by atoms with Gasteiger partial charge in [-0.25, -0.2) is 0 Å². The van der Waals surface area contributed by atoms with E-state index in [1.54, 1.807) is 12.1 Å². The number of nitrogens with one attached hydrogen (secondary N) is 1. The normalized spacial score (nSPS) is 12.5. The van der Waals surface area contributed by atoms with Crippen LogP contribution in [0.25, 0.3) is 0 Å². The molecule has 0 bridgehead atoms. The number of amides is 1. The zero-order valence-electron chi connectivity index (χ0n) is 11.6. The standard InChI is InChI=1S/C14H21ClN2O2/c1-4-17(8-9-18)11(3)14(19)16-13-7-5-6-12(15)10(13)2/h5-7,11,18H,4,8-9H2,1-3H3,(H,16,19). The van der Waals surface area contributed by atoms with Crippen LogP contribution in [-0.2, 0) is 4.79 Å². The summed E-state index contributed by atoms with van der Waals surface area (Å²) in [6, 6.07) is 5.13. The van der Waals surface area contributed by atoms with Gasteiger partial charge in [0.25, 0.3) is 0 Å². The van der Waals surface area contributed by atoms with Gasteiger partial charge in [0.05, 0.1) is 12.6 Å². The molecule has 0 aliphatic carbocycles. The Morgan fingerprint density at radius 2 is 2.21 bits per heavy atom. The van der Waals surface area contributed by atoms with E-state index in [2.05, 4.69) is 5.32 Å². The van der Waals surface area contributed by atoms with Gasteiger partial charge in [-0.3, -0.25) is 9.69 Å². The van der Waals surface area contributed by atoms with Crippen molar-refractivity contribution in [3.63, 3.8) is 0 Å². The molecule has 2 N–H and O–H groups in total. The van der Waals surface area contributed by atoms with Crippen molar-refractivity contribution in [2.75, 3.05) is 25.0 Å². The number of anilines is 1. The molecule has 0 saturated heterocycles. The van der Waals surface area contributed by atoms with Crippen molar-refractivity contribution in [3.8, 4) is 0 Å². The maximum atomic E-state index is 12.2. The molecular weight excluding hydrogens is 264 g/mol. The first-order valence-electron chi connectivity index (χ1n) is 6.42. The zero-order chi connectivity index (χ0) is 14.4. The number of rotatable bonds is 6. The summed E-state index contributed by atoms with van der Waals surface area (Å²) in [5.41, 5.74) is 1.58. The average Bonchev–Trinajstić information content (AvgIpc) is 2.40. The lowest BCUT2D eigenvalue weighted by Crippen LogP contribution is -2.43. The number of likely N-dealkylation sites (N-methyl/N-ethyl adjacent to an activating group) is 1. The van der Waals surface area contributed by atoms with Crippen LogP contribution in [0.4, 0.5) is 5.69 Å². The summed E-state index contributed by atoms with van der Waals surface area (Å²) in [7, 11) is 0. The fourth-order valence-electron chi connectivity index (χ4n) is 1.90. The van der Waals surface area contributed by atoms with Crippen LogP contribution in [0.5, 0.6) is 0 Å². The molecular formula is C14H21ClN2O2. The van der Waals surface area contributed by atoms with Crippen LogP contribution in [-0.4, -0.2) is 41.7 Å². The highest BCUT2D eigenvalue weighted by atomic mass is 35.5. The third-order valence-corrected chi connectivity index (χ3v) is 3.66. The fourth-order valence-corrected chi connectivity index (χ4v) is 2.07. The molecule has 1 aromatic carbocycles. The lowest BCUT2D eigenvalue weighted by Gasteiger charge is -2.26. The minimum Gasteiger partial charge on any atom is -0.395 e. The zero-order valence-corrected chi connectivity index (χ0v) is 12.4. The highest BCUT2D eigenvalue weighted by molar-refractivity contribution is 6.31. The fraction of sp³-hybridized carbons (Fsp3) is 0.500. The van der Waals surface area contributed by atoms with Gasteiger partial charge in [0.15, 0.2) is 0 Å². The van der Waals surface area contributed by atoms with Crippen molar-refractivity contribution in [3.05, 3.63) is 28.8 Å². The highest BCUT2D eigenvalue weighted by Gasteiger charge is 2.20. The van der Waals surface area contributed by atoms with E-state index in [1.165, 1.54) is 0 Å². The number of nitrogens with zero attached hydrogens (tertiary/aromatic N) is 1. The predicted molar refractivity (Wildman–Crippen MR) is 78.6 cm³/mol. The lowest BCUT2D eigenvalue weighted by atomic mass is 10.2. The first-order chi connectivity index (χ1) is 9.01. The van der Waals surface area contributed by atoms with Gasteiger partial charge in [0, 0.05) is 17.3 Å². The molecule has 0 spiro atoms. The smallest absolute Gasteiger partial charge is 0.241 e. The number of carbonyl (C=O) groups excluding carboxylic acids is 1. The number of aliphatic hydroxyl groups excluding tert-OH is 1. The molecule has 0 aliphatic rings. The lowest BCUT2D eigenvalue weighted by molar-refractivity contribution is -0.120. The number of hydrogen-bond acceptors (Lipinski definition) is 3. The Morgan fingerprint density at radius 3 is 2.79 bits per heavy atom. The molecule has 1 rings (SSSR count). The molecule has 1 amide bonds. The van der Waals surface area contributed by atoms with E-state index in [9.17, 15) is 4.79 Å². The van der Waals surface area contributed by atoms with E-state index >= 15 is 0 Å². The molecule has 19 heavy (non-hydrogen) atoms. The predicted octanol–water partition coefficient (Wildman–Crippen LogP) is 2.29. The summed E-state index contributed by atoms with van der Waals surface area (Å²) in [6.45, 7) is 6.90. The van der Waals surface area contributed by atoms with Crippen molar-refractivity contribution < 1.29 is 9.90 Å². The van der Waals surface area contributed by atoms with Crippen LogP contribution < -0.4 is 5.32 Å². The van der Waals surface area contributed by atoms with Crippen molar-refractivity contribution >= 4 is 23.2 Å². The second-order valence-electron chi connectivity index (χ2n) is 4.43. The Labute approximate surface area is 119 Å². The maximum Gasteiger partial charge on any atom is 0.241 e. The average molecular weight is 285 g/mol. The first-order valence-corrected chi connectivity index (χ1v) is 6.80. The Balaban J connectivity index is 2.76. The number of carbonyl (C=O) groups is 1. The van der Waals surface area contributed by atoms with Crippen LogP contribution in [0.15, 0.2) is 18.2 Å². The van der Waals surface area contributed by atoms with Gasteiger partial charge in [0.1, 0.15) is 0 Å². The Bertz CT molecular complexity index is 437. The minimum atomic E-state index is -0.296. The summed E-state index contributed by atoms with van der Waals surface area (Å²) in [5.74, 6) is -0.0966. The van der Waals surface area contributed by atoms with Gasteiger partial charge in [-0.05, 0) is 38.1 Å². The Morgan fingerprint density at radius 1 is 1.53 bits per heavy atom. The molecule has 0 fully saturated rings. The van der Waals surface area contributed by atoms with E-state index in [-0.39, 0.29) is 18.6 Å². The molecule has 106 valence electrons. The third kappa shape index (κ3) is 4.20. The van der Waals surface area contributed by atoms with Crippen LogP contribution in [0.2, 0.25) is 5.02 Å². The van der Waals surface area contributed by atoms with Crippen LogP contribution in [0, 0.1) is 6.92 Å². The van der Waals surface area contributed by atoms with E-state index in [0.717, 1.165) is 11.3 Å². The molecule has 1 aromatic rings. The van der Waals surface area contributed by atoms with Gasteiger partial charge in [0.2, 0.25) is 5.91 Å². The molecule has 5 heteroatoms. The number of hydrogen-bond donors (Lipinski definition) is 2. The molecule has 0 heterocycles. The van der Waals surface area contributed by atoms with Gasteiger partial charge in [-0.1, -0.05) is 24.6 Å². The topological polar surface area (TPSA) is 52.6 Å². The molecule has 0 radical (unpaired) electrons. The maximum absolute atomic E-state index is 12.2. The second kappa shape index (κ2) is 7.48. The number of halogens is 1. The number of benzene rings is 1. The van der Waals surface area contributed by atoms with Crippen molar-refractivity contribution in [2.45, 2.75) is 26.8 Å². The first kappa shape index (κ1) is 16.0.